The van der Waals surface area contributed by atoms with Crippen LogP contribution in [0.4, 0.5) is 0 Å². The Balaban J connectivity index is 1.97. The van der Waals surface area contributed by atoms with Crippen LogP contribution in [0, 0.1) is 5.92 Å². The van der Waals surface area contributed by atoms with E-state index in [0.717, 1.165) is 6.42 Å². The van der Waals surface area contributed by atoms with Gasteiger partial charge >= 0.3 is 0 Å². The molecule has 1 heterocycles. The van der Waals surface area contributed by atoms with Crippen LogP contribution in [0.2, 0.25) is 0 Å². The minimum atomic E-state index is -0.610. The van der Waals surface area contributed by atoms with Crippen LogP contribution in [-0.2, 0) is 14.4 Å². The Kier molecular flexibility index (Phi) is 3.60. The zero-order valence-electron chi connectivity index (χ0n) is 10.2. The summed E-state index contributed by atoms with van der Waals surface area (Å²) in [5.41, 5.74) is 0.582. The third kappa shape index (κ3) is 2.85. The van der Waals surface area contributed by atoms with Crippen molar-refractivity contribution in [2.45, 2.75) is 32.2 Å². The average Bonchev–Trinajstić information content (AvgIpc) is 2.32. The van der Waals surface area contributed by atoms with Crippen LogP contribution in [0.15, 0.2) is 23.8 Å². The van der Waals surface area contributed by atoms with Gasteiger partial charge in [0.1, 0.15) is 6.04 Å². The highest BCUT2D eigenvalue weighted by Crippen LogP contribution is 2.16. The molecule has 1 aliphatic carbocycles. The summed E-state index contributed by atoms with van der Waals surface area (Å²) >= 11 is 0. The third-order valence-corrected chi connectivity index (χ3v) is 3.08. The minimum absolute atomic E-state index is 0.257. The van der Waals surface area contributed by atoms with Gasteiger partial charge < -0.3 is 5.32 Å². The molecule has 0 saturated carbocycles. The maximum Gasteiger partial charge on any atom is 0.251 e. The minimum Gasteiger partial charge on any atom is -0.340 e. The molecule has 1 saturated heterocycles. The van der Waals surface area contributed by atoms with Crippen molar-refractivity contribution in [3.63, 3.8) is 0 Å². The summed E-state index contributed by atoms with van der Waals surface area (Å²) < 4.78 is 0. The van der Waals surface area contributed by atoms with Crippen LogP contribution >= 0.6 is 0 Å². The van der Waals surface area contributed by atoms with Gasteiger partial charge in [0.2, 0.25) is 11.8 Å². The fourth-order valence-electron chi connectivity index (χ4n) is 2.06. The summed E-state index contributed by atoms with van der Waals surface area (Å²) in [6, 6.07) is -0.610. The lowest BCUT2D eigenvalue weighted by atomic mass is 9.97. The average molecular weight is 248 g/mol. The first kappa shape index (κ1) is 12.5. The monoisotopic (exact) mass is 248 g/mol. The lowest BCUT2D eigenvalue weighted by Crippen LogP contribution is -2.52. The van der Waals surface area contributed by atoms with Gasteiger partial charge in [-0.15, -0.1) is 0 Å². The SMILES string of the molecule is CC1C=C(C(=O)NC2CCC(=O)NC2=O)C=CC1. The second-order valence-electron chi connectivity index (χ2n) is 4.71. The Morgan fingerprint density at radius 2 is 2.22 bits per heavy atom. The zero-order chi connectivity index (χ0) is 13.1. The molecule has 0 spiro atoms. The summed E-state index contributed by atoms with van der Waals surface area (Å²) in [5.74, 6) is -0.631. The molecule has 2 atom stereocenters. The Hall–Kier alpha value is -1.91. The molecule has 18 heavy (non-hydrogen) atoms. The Morgan fingerprint density at radius 1 is 1.44 bits per heavy atom. The Morgan fingerprint density at radius 3 is 2.89 bits per heavy atom. The van der Waals surface area contributed by atoms with Gasteiger partial charge in [-0.2, -0.15) is 0 Å². The van der Waals surface area contributed by atoms with Crippen molar-refractivity contribution in [1.29, 1.82) is 0 Å². The maximum absolute atomic E-state index is 11.9. The molecule has 0 aromatic carbocycles. The van der Waals surface area contributed by atoms with Crippen molar-refractivity contribution < 1.29 is 14.4 Å². The van der Waals surface area contributed by atoms with E-state index in [1.165, 1.54) is 0 Å². The molecule has 3 amide bonds. The lowest BCUT2D eigenvalue weighted by Gasteiger charge is -2.22. The van der Waals surface area contributed by atoms with Gasteiger partial charge in [0.15, 0.2) is 0 Å². The van der Waals surface area contributed by atoms with Crippen molar-refractivity contribution in [1.82, 2.24) is 10.6 Å². The highest BCUT2D eigenvalue weighted by atomic mass is 16.2. The summed E-state index contributed by atoms with van der Waals surface area (Å²) in [4.78, 5) is 34.4. The quantitative estimate of drug-likeness (QED) is 0.696. The third-order valence-electron chi connectivity index (χ3n) is 3.08. The van der Waals surface area contributed by atoms with E-state index in [4.69, 9.17) is 0 Å². The summed E-state index contributed by atoms with van der Waals surface area (Å²) in [7, 11) is 0. The number of allylic oxidation sites excluding steroid dienone is 2. The molecule has 1 aliphatic heterocycles. The maximum atomic E-state index is 11.9. The van der Waals surface area contributed by atoms with E-state index in [-0.39, 0.29) is 18.2 Å². The van der Waals surface area contributed by atoms with E-state index >= 15 is 0 Å². The van der Waals surface area contributed by atoms with Crippen molar-refractivity contribution in [2.24, 2.45) is 5.92 Å². The lowest BCUT2D eigenvalue weighted by molar-refractivity contribution is -0.136. The molecule has 5 nitrogen and oxygen atoms in total. The molecule has 0 radical (unpaired) electrons. The first-order chi connectivity index (χ1) is 8.56. The van der Waals surface area contributed by atoms with Crippen LogP contribution in [0.5, 0.6) is 0 Å². The first-order valence-corrected chi connectivity index (χ1v) is 6.09. The number of imide groups is 1. The molecule has 2 rings (SSSR count). The Bertz CT molecular complexity index is 451. The number of hydrogen-bond acceptors (Lipinski definition) is 3. The van der Waals surface area contributed by atoms with Gasteiger partial charge in [-0.3, -0.25) is 19.7 Å². The molecule has 0 aromatic heterocycles. The zero-order valence-corrected chi connectivity index (χ0v) is 10.2. The topological polar surface area (TPSA) is 75.3 Å². The molecule has 2 aliphatic rings. The fourth-order valence-corrected chi connectivity index (χ4v) is 2.06. The van der Waals surface area contributed by atoms with Gasteiger partial charge in [0, 0.05) is 12.0 Å². The highest BCUT2D eigenvalue weighted by Gasteiger charge is 2.28. The van der Waals surface area contributed by atoms with Gasteiger partial charge in [-0.25, -0.2) is 0 Å². The molecule has 1 fully saturated rings. The molecule has 5 heteroatoms. The van der Waals surface area contributed by atoms with E-state index in [2.05, 4.69) is 10.6 Å². The van der Waals surface area contributed by atoms with Gasteiger partial charge in [-0.05, 0) is 18.8 Å². The second kappa shape index (κ2) is 5.16. The van der Waals surface area contributed by atoms with Crippen molar-refractivity contribution in [3.05, 3.63) is 23.8 Å². The molecule has 0 bridgehead atoms. The van der Waals surface area contributed by atoms with E-state index < -0.39 is 11.9 Å². The van der Waals surface area contributed by atoms with E-state index in [0.29, 0.717) is 17.9 Å². The molecular formula is C13H16N2O3. The van der Waals surface area contributed by atoms with Crippen molar-refractivity contribution in [3.8, 4) is 0 Å². The van der Waals surface area contributed by atoms with Gasteiger partial charge in [-0.1, -0.05) is 25.2 Å². The number of nitrogens with one attached hydrogen (secondary N) is 2. The van der Waals surface area contributed by atoms with Crippen LogP contribution in [-0.4, -0.2) is 23.8 Å². The standard InChI is InChI=1S/C13H16N2O3/c1-8-3-2-4-9(7-8)12(17)14-10-5-6-11(16)15-13(10)18/h2,4,7-8,10H,3,5-6H2,1H3,(H,14,17)(H,15,16,18). The van der Waals surface area contributed by atoms with E-state index in [1.807, 2.05) is 19.1 Å². The highest BCUT2D eigenvalue weighted by molar-refractivity contribution is 6.04. The van der Waals surface area contributed by atoms with Crippen molar-refractivity contribution >= 4 is 17.7 Å². The number of piperidine rings is 1. The van der Waals surface area contributed by atoms with Crippen LogP contribution in [0.3, 0.4) is 0 Å². The van der Waals surface area contributed by atoms with E-state index in [1.54, 1.807) is 6.08 Å². The molecule has 96 valence electrons. The molecule has 2 unspecified atom stereocenters. The van der Waals surface area contributed by atoms with Crippen LogP contribution < -0.4 is 10.6 Å². The van der Waals surface area contributed by atoms with Gasteiger partial charge in [0.25, 0.3) is 5.91 Å². The number of rotatable bonds is 2. The van der Waals surface area contributed by atoms with Crippen molar-refractivity contribution in [2.75, 3.05) is 0 Å². The molecule has 2 N–H and O–H groups in total. The fraction of sp³-hybridized carbons (Fsp3) is 0.462. The summed E-state index contributed by atoms with van der Waals surface area (Å²) in [5, 5.41) is 4.87. The largest absolute Gasteiger partial charge is 0.340 e. The summed E-state index contributed by atoms with van der Waals surface area (Å²) in [6.07, 6.45) is 7.16. The van der Waals surface area contributed by atoms with Crippen LogP contribution in [0.1, 0.15) is 26.2 Å². The predicted molar refractivity (Wildman–Crippen MR) is 65.3 cm³/mol. The number of carbonyl (C=O) groups excluding carboxylic acids is 3. The van der Waals surface area contributed by atoms with Crippen LogP contribution in [0.25, 0.3) is 0 Å². The summed E-state index contributed by atoms with van der Waals surface area (Å²) in [6.45, 7) is 2.03. The number of hydrogen-bond donors (Lipinski definition) is 2. The Labute approximate surface area is 105 Å². The van der Waals surface area contributed by atoms with Gasteiger partial charge in [0.05, 0.1) is 0 Å². The smallest absolute Gasteiger partial charge is 0.251 e. The second-order valence-corrected chi connectivity index (χ2v) is 4.71. The molecular weight excluding hydrogens is 232 g/mol. The normalized spacial score (nSPS) is 27.5. The van der Waals surface area contributed by atoms with E-state index in [9.17, 15) is 14.4 Å². The predicted octanol–water partition coefficient (Wildman–Crippen LogP) is 0.430. The number of amides is 3. The number of carbonyl (C=O) groups is 3. The first-order valence-electron chi connectivity index (χ1n) is 6.09. The molecule has 0 aromatic rings.